The number of rotatable bonds is 11. The topological polar surface area (TPSA) is 104 Å². The molecule has 2 saturated carbocycles. The number of nitrogens with zero attached hydrogens (tertiary/aromatic N) is 4. The number of amides is 2. The highest BCUT2D eigenvalue weighted by molar-refractivity contribution is 7.87. The molecule has 2 unspecified atom stereocenters. The fourth-order valence-electron chi connectivity index (χ4n) is 7.95. The van der Waals surface area contributed by atoms with Gasteiger partial charge in [-0.15, -0.1) is 0 Å². The van der Waals surface area contributed by atoms with Crippen molar-refractivity contribution in [2.24, 2.45) is 11.8 Å². The lowest BCUT2D eigenvalue weighted by Crippen LogP contribution is -2.41. The van der Waals surface area contributed by atoms with Crippen molar-refractivity contribution >= 4 is 39.1 Å². The highest BCUT2D eigenvalue weighted by atomic mass is 32.2. The van der Waals surface area contributed by atoms with Gasteiger partial charge in [-0.2, -0.15) is 12.7 Å². The zero-order chi connectivity index (χ0) is 33.6. The molecule has 0 saturated heterocycles. The number of benzene rings is 1. The molecule has 2 heterocycles. The molecule has 2 amide bonds. The van der Waals surface area contributed by atoms with Gasteiger partial charge in [0.2, 0.25) is 11.8 Å². The first kappa shape index (κ1) is 33.5. The average Bonchev–Trinajstić information content (AvgIpc) is 3.70. The molecule has 11 heteroatoms. The lowest BCUT2D eigenvalue weighted by molar-refractivity contribution is -0.134. The molecular formula is C36H49N5O5S. The molecule has 1 aromatic carbocycles. The number of allylic oxidation sites excluding steroid dienone is 3. The fourth-order valence-corrected chi connectivity index (χ4v) is 8.51. The van der Waals surface area contributed by atoms with E-state index >= 15 is 0 Å². The third-order valence-electron chi connectivity index (χ3n) is 10.7. The fraction of sp³-hybridized carbons (Fsp3) is 0.556. The van der Waals surface area contributed by atoms with Crippen LogP contribution in [0.5, 0.6) is 5.75 Å². The van der Waals surface area contributed by atoms with E-state index in [1.165, 1.54) is 38.9 Å². The highest BCUT2D eigenvalue weighted by Gasteiger charge is 2.52. The Labute approximate surface area is 279 Å². The molecular weight excluding hydrogens is 614 g/mol. The van der Waals surface area contributed by atoms with Gasteiger partial charge in [0, 0.05) is 57.4 Å². The summed E-state index contributed by atoms with van der Waals surface area (Å²) < 4.78 is 36.8. The van der Waals surface area contributed by atoms with Gasteiger partial charge >= 0.3 is 10.2 Å². The van der Waals surface area contributed by atoms with Crippen LogP contribution in [0.4, 0.5) is 0 Å². The molecule has 3 atom stereocenters. The lowest BCUT2D eigenvalue weighted by Gasteiger charge is -2.34. The molecule has 254 valence electrons. The standard InChI is InChI=1S/C36H49N5O5S/c1-7-40(8-2)20-19-39(5)36(43)26-16-12-15-25-31(26)29-21-27-30(46-6)18-17-24(23-13-10-9-11-14-23)34(27)41(29)22-28-32(25)33(28)35(42)37-47(44,45)38(3)4/h12,15,17-18,21-23,26,31,33H,7-11,13-14,16,19-20H2,1-6H3,(H,37,42)/t26-,31?,33?/m1/s1. The van der Waals surface area contributed by atoms with Gasteiger partial charge in [-0.05, 0) is 72.7 Å². The second-order valence-electron chi connectivity index (χ2n) is 13.5. The molecule has 3 aliphatic carbocycles. The van der Waals surface area contributed by atoms with E-state index < -0.39 is 22.0 Å². The Kier molecular flexibility index (Phi) is 9.43. The maximum atomic E-state index is 14.4. The minimum Gasteiger partial charge on any atom is -0.496 e. The van der Waals surface area contributed by atoms with E-state index in [0.29, 0.717) is 18.9 Å². The molecule has 1 aliphatic heterocycles. The van der Waals surface area contributed by atoms with Crippen LogP contribution >= 0.6 is 0 Å². The predicted molar refractivity (Wildman–Crippen MR) is 185 cm³/mol. The number of hydrogen-bond acceptors (Lipinski definition) is 6. The third-order valence-corrected chi connectivity index (χ3v) is 12.2. The Hall–Kier alpha value is -3.41. The van der Waals surface area contributed by atoms with Gasteiger partial charge < -0.3 is 19.1 Å². The van der Waals surface area contributed by atoms with E-state index in [9.17, 15) is 18.0 Å². The largest absolute Gasteiger partial charge is 0.496 e. The molecule has 1 N–H and O–H groups in total. The molecule has 2 aromatic rings. The summed E-state index contributed by atoms with van der Waals surface area (Å²) in [5, 5.41) is 0.998. The molecule has 1 aromatic heterocycles. The first-order valence-corrected chi connectivity index (χ1v) is 18.5. The summed E-state index contributed by atoms with van der Waals surface area (Å²) in [6.45, 7) is 7.54. The summed E-state index contributed by atoms with van der Waals surface area (Å²) in [4.78, 5) is 32.1. The first-order chi connectivity index (χ1) is 22.5. The quantitative estimate of drug-likeness (QED) is 0.369. The van der Waals surface area contributed by atoms with Gasteiger partial charge in [0.15, 0.2) is 0 Å². The lowest BCUT2D eigenvalue weighted by atomic mass is 9.76. The summed E-state index contributed by atoms with van der Waals surface area (Å²) in [7, 11) is 2.39. The number of methoxy groups -OCH3 is 1. The molecule has 47 heavy (non-hydrogen) atoms. The third kappa shape index (κ3) is 6.06. The van der Waals surface area contributed by atoms with Crippen LogP contribution in [0.25, 0.3) is 17.1 Å². The number of aromatic nitrogens is 1. The van der Waals surface area contributed by atoms with Gasteiger partial charge in [-0.3, -0.25) is 9.59 Å². The molecule has 2 fully saturated rings. The minimum atomic E-state index is -3.97. The zero-order valence-electron chi connectivity index (χ0n) is 28.6. The minimum absolute atomic E-state index is 0.0705. The van der Waals surface area contributed by atoms with E-state index in [1.54, 1.807) is 7.11 Å². The number of hydrogen-bond donors (Lipinski definition) is 1. The van der Waals surface area contributed by atoms with Crippen LogP contribution < -0.4 is 9.46 Å². The van der Waals surface area contributed by atoms with Crippen molar-refractivity contribution < 1.29 is 22.7 Å². The van der Waals surface area contributed by atoms with Gasteiger partial charge in [0.1, 0.15) is 5.75 Å². The number of likely N-dealkylation sites (N-methyl/N-ethyl adjacent to an activating group) is 2. The molecule has 0 spiro atoms. The van der Waals surface area contributed by atoms with Crippen molar-refractivity contribution in [1.82, 2.24) is 23.4 Å². The molecule has 0 radical (unpaired) electrons. The van der Waals surface area contributed by atoms with E-state index in [2.05, 4.69) is 46.2 Å². The smallest absolute Gasteiger partial charge is 0.303 e. The van der Waals surface area contributed by atoms with Crippen molar-refractivity contribution in [3.8, 4) is 5.75 Å². The maximum Gasteiger partial charge on any atom is 0.303 e. The average molecular weight is 664 g/mol. The van der Waals surface area contributed by atoms with Crippen molar-refractivity contribution in [1.29, 1.82) is 0 Å². The second-order valence-corrected chi connectivity index (χ2v) is 15.4. The molecule has 6 rings (SSSR count). The first-order valence-electron chi connectivity index (χ1n) is 17.1. The number of carbonyl (C=O) groups is 2. The Morgan fingerprint density at radius 1 is 1.04 bits per heavy atom. The number of nitrogens with one attached hydrogen (secondary N) is 1. The summed E-state index contributed by atoms with van der Waals surface area (Å²) >= 11 is 0. The Balaban J connectivity index is 1.50. The summed E-state index contributed by atoms with van der Waals surface area (Å²) in [6, 6.07) is 6.44. The summed E-state index contributed by atoms with van der Waals surface area (Å²) in [5.74, 6) is -0.725. The highest BCUT2D eigenvalue weighted by Crippen LogP contribution is 2.57. The van der Waals surface area contributed by atoms with Crippen molar-refractivity contribution in [2.45, 2.75) is 64.2 Å². The van der Waals surface area contributed by atoms with Gasteiger partial charge in [-0.1, -0.05) is 51.3 Å². The van der Waals surface area contributed by atoms with Crippen LogP contribution in [-0.4, -0.2) is 93.3 Å². The van der Waals surface area contributed by atoms with Crippen LogP contribution in [0.2, 0.25) is 0 Å². The monoisotopic (exact) mass is 663 g/mol. The number of carbonyl (C=O) groups excluding carboxylic acids is 2. The van der Waals surface area contributed by atoms with Crippen LogP contribution in [0.3, 0.4) is 0 Å². The van der Waals surface area contributed by atoms with Crippen LogP contribution in [-0.2, 0) is 19.8 Å². The maximum absolute atomic E-state index is 14.4. The van der Waals surface area contributed by atoms with Crippen molar-refractivity contribution in [2.75, 3.05) is 54.4 Å². The van der Waals surface area contributed by atoms with Gasteiger partial charge in [-0.25, -0.2) is 4.72 Å². The van der Waals surface area contributed by atoms with Gasteiger partial charge in [0.05, 0.1) is 24.5 Å². The summed E-state index contributed by atoms with van der Waals surface area (Å²) in [6.07, 6.45) is 12.5. The van der Waals surface area contributed by atoms with Crippen LogP contribution in [0, 0.1) is 11.8 Å². The number of ether oxygens (including phenoxy) is 1. The van der Waals surface area contributed by atoms with Crippen molar-refractivity contribution in [3.63, 3.8) is 0 Å². The normalized spacial score (nSPS) is 22.5. The SMILES string of the molecule is CCN(CC)CCN(C)C(=O)[C@@H]1CC=CC2=C3C(=Cn4c(cc5c(OC)ccc(C6CCCCC6)c54)C21)C3C(=O)NS(=O)(=O)N(C)C. The van der Waals surface area contributed by atoms with Gasteiger partial charge in [0.25, 0.3) is 0 Å². The van der Waals surface area contributed by atoms with Crippen molar-refractivity contribution in [3.05, 3.63) is 58.3 Å². The Morgan fingerprint density at radius 2 is 1.77 bits per heavy atom. The Bertz CT molecular complexity index is 1760. The molecule has 0 bridgehead atoms. The Morgan fingerprint density at radius 3 is 2.43 bits per heavy atom. The second kappa shape index (κ2) is 13.2. The van der Waals surface area contributed by atoms with Crippen LogP contribution in [0.1, 0.15) is 75.5 Å². The summed E-state index contributed by atoms with van der Waals surface area (Å²) in [5.41, 5.74) is 5.85. The zero-order valence-corrected chi connectivity index (χ0v) is 29.4. The van der Waals surface area contributed by atoms with E-state index in [-0.39, 0.29) is 17.7 Å². The van der Waals surface area contributed by atoms with E-state index in [4.69, 9.17) is 4.74 Å². The molecule has 10 nitrogen and oxygen atoms in total. The van der Waals surface area contributed by atoms with E-state index in [1.807, 2.05) is 30.3 Å². The number of fused-ring (bicyclic) bond motifs is 6. The van der Waals surface area contributed by atoms with E-state index in [0.717, 1.165) is 75.8 Å². The molecule has 4 aliphatic rings. The van der Waals surface area contributed by atoms with Crippen LogP contribution in [0.15, 0.2) is 47.1 Å². The predicted octanol–water partition coefficient (Wildman–Crippen LogP) is 4.86.